The Kier molecular flexibility index (Phi) is 6.94. The molecule has 0 fully saturated rings. The zero-order valence-corrected chi connectivity index (χ0v) is 7.49. The van der Waals surface area contributed by atoms with Gasteiger partial charge >= 0.3 is 5.97 Å². The van der Waals surface area contributed by atoms with Crippen molar-refractivity contribution in [2.45, 2.75) is 13.8 Å². The van der Waals surface area contributed by atoms with Crippen LogP contribution in [-0.4, -0.2) is 12.6 Å². The summed E-state index contributed by atoms with van der Waals surface area (Å²) >= 11 is 0. The van der Waals surface area contributed by atoms with Crippen LogP contribution in [0.4, 0.5) is 0 Å². The van der Waals surface area contributed by atoms with E-state index in [0.717, 1.165) is 0 Å². The number of hydrogen-bond donors (Lipinski definition) is 0. The molecule has 0 heterocycles. The van der Waals surface area contributed by atoms with Gasteiger partial charge < -0.3 is 4.74 Å². The zero-order valence-electron chi connectivity index (χ0n) is 7.49. The maximum absolute atomic E-state index is 10.7. The molecule has 12 heavy (non-hydrogen) atoms. The number of ether oxygens (including phenoxy) is 1. The molecule has 0 aliphatic carbocycles. The van der Waals surface area contributed by atoms with Gasteiger partial charge in [-0.1, -0.05) is 30.4 Å². The molecule has 0 atom stereocenters. The third-order valence-corrected chi connectivity index (χ3v) is 1.04. The van der Waals surface area contributed by atoms with E-state index in [-0.39, 0.29) is 5.97 Å². The second-order valence-corrected chi connectivity index (χ2v) is 2.02. The fourth-order valence-corrected chi connectivity index (χ4v) is 0.564. The van der Waals surface area contributed by atoms with Crippen LogP contribution < -0.4 is 0 Å². The molecule has 0 aliphatic rings. The summed E-state index contributed by atoms with van der Waals surface area (Å²) < 4.78 is 4.67. The van der Waals surface area contributed by atoms with Gasteiger partial charge in [0.05, 0.1) is 6.61 Å². The van der Waals surface area contributed by atoms with Gasteiger partial charge in [-0.15, -0.1) is 0 Å². The predicted molar refractivity (Wildman–Crippen MR) is 49.7 cm³/mol. The first kappa shape index (κ1) is 10.7. The van der Waals surface area contributed by atoms with Gasteiger partial charge in [0.2, 0.25) is 0 Å². The third-order valence-electron chi connectivity index (χ3n) is 1.04. The molecule has 0 bridgehead atoms. The van der Waals surface area contributed by atoms with Gasteiger partial charge in [0, 0.05) is 6.08 Å². The summed E-state index contributed by atoms with van der Waals surface area (Å²) in [6, 6.07) is 0. The summed E-state index contributed by atoms with van der Waals surface area (Å²) in [7, 11) is 0. The fraction of sp³-hybridized carbons (Fsp3) is 0.300. The largest absolute Gasteiger partial charge is 0.463 e. The smallest absolute Gasteiger partial charge is 0.330 e. The number of carbonyl (C=O) groups excluding carboxylic acids is 1. The first-order chi connectivity index (χ1) is 5.81. The zero-order chi connectivity index (χ0) is 9.23. The molecule has 0 amide bonds. The molecule has 0 rings (SSSR count). The lowest BCUT2D eigenvalue weighted by Crippen LogP contribution is -1.98. The van der Waals surface area contributed by atoms with Gasteiger partial charge in [-0.05, 0) is 13.8 Å². The van der Waals surface area contributed by atoms with Crippen molar-refractivity contribution in [2.75, 3.05) is 6.61 Å². The first-order valence-corrected chi connectivity index (χ1v) is 3.94. The Morgan fingerprint density at radius 2 is 1.92 bits per heavy atom. The van der Waals surface area contributed by atoms with Crippen LogP contribution in [0.25, 0.3) is 0 Å². The maximum atomic E-state index is 10.7. The molecule has 0 aromatic rings. The Hall–Kier alpha value is -1.31. The number of rotatable bonds is 4. The van der Waals surface area contributed by atoms with Crippen molar-refractivity contribution in [3.63, 3.8) is 0 Å². The molecule has 0 aromatic heterocycles. The molecular formula is C10H14O2. The highest BCUT2D eigenvalue weighted by Gasteiger charge is 1.89. The number of carbonyl (C=O) groups is 1. The highest BCUT2D eigenvalue weighted by atomic mass is 16.5. The SMILES string of the molecule is CC=C/C=C/C=C/C(=O)OCC. The van der Waals surface area contributed by atoms with E-state index in [9.17, 15) is 4.79 Å². The van der Waals surface area contributed by atoms with E-state index in [4.69, 9.17) is 0 Å². The van der Waals surface area contributed by atoms with Gasteiger partial charge in [-0.3, -0.25) is 0 Å². The Morgan fingerprint density at radius 1 is 1.25 bits per heavy atom. The molecule has 0 N–H and O–H groups in total. The molecule has 0 radical (unpaired) electrons. The van der Waals surface area contributed by atoms with Crippen LogP contribution in [0.5, 0.6) is 0 Å². The molecule has 2 heteroatoms. The highest BCUT2D eigenvalue weighted by Crippen LogP contribution is 1.83. The fourth-order valence-electron chi connectivity index (χ4n) is 0.564. The molecule has 0 aliphatic heterocycles. The third kappa shape index (κ3) is 6.81. The summed E-state index contributed by atoms with van der Waals surface area (Å²) in [5.41, 5.74) is 0. The monoisotopic (exact) mass is 166 g/mol. The highest BCUT2D eigenvalue weighted by molar-refractivity contribution is 5.82. The van der Waals surface area contributed by atoms with Crippen LogP contribution in [0.15, 0.2) is 36.5 Å². The van der Waals surface area contributed by atoms with E-state index in [2.05, 4.69) is 4.74 Å². The van der Waals surface area contributed by atoms with Crippen LogP contribution in [0.1, 0.15) is 13.8 Å². The van der Waals surface area contributed by atoms with Gasteiger partial charge in [-0.2, -0.15) is 0 Å². The van der Waals surface area contributed by atoms with Crippen LogP contribution in [0.3, 0.4) is 0 Å². The Balaban J connectivity index is 3.67. The van der Waals surface area contributed by atoms with E-state index >= 15 is 0 Å². The Labute approximate surface area is 73.2 Å². The topological polar surface area (TPSA) is 26.3 Å². The molecule has 0 aromatic carbocycles. The Bertz CT molecular complexity index is 200. The number of allylic oxidation sites excluding steroid dienone is 5. The van der Waals surface area contributed by atoms with E-state index in [1.54, 1.807) is 19.1 Å². The quantitative estimate of drug-likeness (QED) is 0.363. The van der Waals surface area contributed by atoms with Crippen molar-refractivity contribution in [3.8, 4) is 0 Å². The lowest BCUT2D eigenvalue weighted by atomic mass is 10.4. The maximum Gasteiger partial charge on any atom is 0.330 e. The van der Waals surface area contributed by atoms with Crippen molar-refractivity contribution in [2.24, 2.45) is 0 Å². The van der Waals surface area contributed by atoms with Crippen molar-refractivity contribution in [1.29, 1.82) is 0 Å². The lowest BCUT2D eigenvalue weighted by Gasteiger charge is -1.92. The minimum absolute atomic E-state index is 0.303. The van der Waals surface area contributed by atoms with Crippen molar-refractivity contribution in [1.82, 2.24) is 0 Å². The van der Waals surface area contributed by atoms with Gasteiger partial charge in [-0.25, -0.2) is 4.79 Å². The summed E-state index contributed by atoms with van der Waals surface area (Å²) in [5.74, 6) is -0.303. The van der Waals surface area contributed by atoms with Crippen LogP contribution in [0.2, 0.25) is 0 Å². The summed E-state index contributed by atoms with van der Waals surface area (Å²) in [5, 5.41) is 0. The molecule has 0 saturated heterocycles. The van der Waals surface area contributed by atoms with Crippen LogP contribution >= 0.6 is 0 Å². The van der Waals surface area contributed by atoms with Gasteiger partial charge in [0.15, 0.2) is 0 Å². The molecular weight excluding hydrogens is 152 g/mol. The van der Waals surface area contributed by atoms with Crippen LogP contribution in [-0.2, 0) is 9.53 Å². The summed E-state index contributed by atoms with van der Waals surface area (Å²) in [6.45, 7) is 4.13. The average Bonchev–Trinajstić information content (AvgIpc) is 2.05. The second kappa shape index (κ2) is 7.79. The van der Waals surface area contributed by atoms with Crippen molar-refractivity contribution < 1.29 is 9.53 Å². The Morgan fingerprint density at radius 3 is 2.50 bits per heavy atom. The second-order valence-electron chi connectivity index (χ2n) is 2.02. The van der Waals surface area contributed by atoms with E-state index in [1.165, 1.54) is 6.08 Å². The molecule has 0 spiro atoms. The average molecular weight is 166 g/mol. The predicted octanol–water partition coefficient (Wildman–Crippen LogP) is 2.24. The van der Waals surface area contributed by atoms with E-state index in [0.29, 0.717) is 6.61 Å². The normalized spacial score (nSPS) is 11.8. The lowest BCUT2D eigenvalue weighted by molar-refractivity contribution is -0.137. The van der Waals surface area contributed by atoms with Crippen molar-refractivity contribution in [3.05, 3.63) is 36.5 Å². The minimum Gasteiger partial charge on any atom is -0.463 e. The summed E-state index contributed by atoms with van der Waals surface area (Å²) in [6.07, 6.45) is 10.5. The van der Waals surface area contributed by atoms with E-state index < -0.39 is 0 Å². The summed E-state index contributed by atoms with van der Waals surface area (Å²) in [4.78, 5) is 10.7. The van der Waals surface area contributed by atoms with Crippen molar-refractivity contribution >= 4 is 5.97 Å². The number of esters is 1. The molecule has 2 nitrogen and oxygen atoms in total. The number of hydrogen-bond acceptors (Lipinski definition) is 2. The van der Waals surface area contributed by atoms with E-state index in [1.807, 2.05) is 25.2 Å². The van der Waals surface area contributed by atoms with Crippen LogP contribution in [0, 0.1) is 0 Å². The molecule has 0 saturated carbocycles. The van der Waals surface area contributed by atoms with Gasteiger partial charge in [0.25, 0.3) is 0 Å². The minimum atomic E-state index is -0.303. The molecule has 66 valence electrons. The standard InChI is InChI=1S/C10H14O2/c1-3-5-6-7-8-9-10(11)12-4-2/h3,5-9H,4H2,1-2H3/b5-3?,7-6+,9-8+. The first-order valence-electron chi connectivity index (χ1n) is 3.94. The molecule has 0 unspecified atom stereocenters. The van der Waals surface area contributed by atoms with Gasteiger partial charge in [0.1, 0.15) is 0 Å².